The van der Waals surface area contributed by atoms with Crippen LogP contribution in [0.15, 0.2) is 78.9 Å². The molecular formula is C22H16FNO2. The van der Waals surface area contributed by atoms with Crippen LogP contribution < -0.4 is 5.32 Å². The molecule has 3 aromatic rings. The molecule has 1 aliphatic heterocycles. The summed E-state index contributed by atoms with van der Waals surface area (Å²) in [5.41, 5.74) is 1.25. The Morgan fingerprint density at radius 3 is 2.23 bits per heavy atom. The van der Waals surface area contributed by atoms with Gasteiger partial charge in [-0.25, -0.2) is 4.39 Å². The van der Waals surface area contributed by atoms with Crippen LogP contribution in [0.1, 0.15) is 32.7 Å². The van der Waals surface area contributed by atoms with Crippen LogP contribution in [0.5, 0.6) is 0 Å². The fourth-order valence-electron chi connectivity index (χ4n) is 3.44. The zero-order chi connectivity index (χ0) is 18.1. The third kappa shape index (κ3) is 2.60. The number of nitrogens with one attached hydrogen (secondary N) is 1. The van der Waals surface area contributed by atoms with E-state index in [9.17, 15) is 14.0 Å². The monoisotopic (exact) mass is 345 g/mol. The summed E-state index contributed by atoms with van der Waals surface area (Å²) in [7, 11) is 0. The van der Waals surface area contributed by atoms with E-state index >= 15 is 0 Å². The Morgan fingerprint density at radius 1 is 0.885 bits per heavy atom. The van der Waals surface area contributed by atoms with Gasteiger partial charge >= 0.3 is 0 Å². The molecule has 3 aromatic carbocycles. The molecule has 1 N–H and O–H groups in total. The van der Waals surface area contributed by atoms with Gasteiger partial charge in [0.1, 0.15) is 11.4 Å². The lowest BCUT2D eigenvalue weighted by Crippen LogP contribution is -2.40. The Morgan fingerprint density at radius 2 is 1.54 bits per heavy atom. The smallest absolute Gasteiger partial charge is 0.195 e. The molecule has 0 fully saturated rings. The summed E-state index contributed by atoms with van der Waals surface area (Å²) in [6.07, 6.45) is -0.0455. The molecule has 0 spiro atoms. The lowest BCUT2D eigenvalue weighted by atomic mass is 9.80. The number of benzene rings is 3. The third-order valence-corrected chi connectivity index (χ3v) is 4.77. The number of carbonyl (C=O) groups is 2. The van der Waals surface area contributed by atoms with E-state index in [4.69, 9.17) is 0 Å². The quantitative estimate of drug-likeness (QED) is 0.703. The SMILES string of the molecule is O=C(CC1(c2ccccc2)Nc2ccccc2C1=O)c1ccc(F)cc1. The highest BCUT2D eigenvalue weighted by molar-refractivity contribution is 6.16. The highest BCUT2D eigenvalue weighted by Gasteiger charge is 2.47. The fraction of sp³-hybridized carbons (Fsp3) is 0.0909. The van der Waals surface area contributed by atoms with E-state index in [0.29, 0.717) is 16.8 Å². The molecule has 0 radical (unpaired) electrons. The molecule has 128 valence electrons. The molecule has 0 saturated heterocycles. The van der Waals surface area contributed by atoms with E-state index in [-0.39, 0.29) is 18.0 Å². The molecule has 1 unspecified atom stereocenters. The standard InChI is InChI=1S/C22H16FNO2/c23-17-12-10-15(11-13-17)20(25)14-22(16-6-2-1-3-7-16)21(26)18-8-4-5-9-19(18)24-22/h1-13,24H,14H2. The van der Waals surface area contributed by atoms with Gasteiger partial charge in [-0.05, 0) is 42.0 Å². The highest BCUT2D eigenvalue weighted by atomic mass is 19.1. The zero-order valence-corrected chi connectivity index (χ0v) is 13.9. The minimum absolute atomic E-state index is 0.0455. The molecule has 26 heavy (non-hydrogen) atoms. The van der Waals surface area contributed by atoms with Gasteiger partial charge < -0.3 is 5.32 Å². The van der Waals surface area contributed by atoms with Gasteiger partial charge in [0.2, 0.25) is 0 Å². The lowest BCUT2D eigenvalue weighted by Gasteiger charge is -2.28. The second-order valence-electron chi connectivity index (χ2n) is 6.38. The van der Waals surface area contributed by atoms with Gasteiger partial charge in [0.05, 0.1) is 0 Å². The molecule has 0 amide bonds. The van der Waals surface area contributed by atoms with E-state index in [1.807, 2.05) is 42.5 Å². The van der Waals surface area contributed by atoms with E-state index in [0.717, 1.165) is 5.56 Å². The number of rotatable bonds is 4. The average Bonchev–Trinajstić information content (AvgIpc) is 2.96. The van der Waals surface area contributed by atoms with Gasteiger partial charge in [-0.2, -0.15) is 0 Å². The summed E-state index contributed by atoms with van der Waals surface area (Å²) in [6, 6.07) is 21.9. The van der Waals surface area contributed by atoms with Gasteiger partial charge in [0.15, 0.2) is 11.6 Å². The van der Waals surface area contributed by atoms with Crippen LogP contribution in [0.4, 0.5) is 10.1 Å². The summed E-state index contributed by atoms with van der Waals surface area (Å²) in [6.45, 7) is 0. The molecule has 0 aliphatic carbocycles. The van der Waals surface area contributed by atoms with Gasteiger partial charge in [-0.1, -0.05) is 42.5 Å². The van der Waals surface area contributed by atoms with Crippen molar-refractivity contribution < 1.29 is 14.0 Å². The van der Waals surface area contributed by atoms with E-state index in [1.54, 1.807) is 12.1 Å². The Kier molecular flexibility index (Phi) is 3.88. The van der Waals surface area contributed by atoms with E-state index in [1.165, 1.54) is 24.3 Å². The summed E-state index contributed by atoms with van der Waals surface area (Å²) in [5.74, 6) is -0.751. The zero-order valence-electron chi connectivity index (χ0n) is 13.9. The van der Waals surface area contributed by atoms with Crippen LogP contribution in [0.2, 0.25) is 0 Å². The number of carbonyl (C=O) groups excluding carboxylic acids is 2. The number of ketones is 2. The maximum Gasteiger partial charge on any atom is 0.195 e. The number of hydrogen-bond donors (Lipinski definition) is 1. The van der Waals surface area contributed by atoms with Crippen LogP contribution in [0.25, 0.3) is 0 Å². The summed E-state index contributed by atoms with van der Waals surface area (Å²) < 4.78 is 13.2. The van der Waals surface area contributed by atoms with Gasteiger partial charge in [-0.15, -0.1) is 0 Å². The number of halogens is 1. The van der Waals surface area contributed by atoms with Crippen molar-refractivity contribution in [1.82, 2.24) is 0 Å². The summed E-state index contributed by atoms with van der Waals surface area (Å²) in [5, 5.41) is 3.28. The summed E-state index contributed by atoms with van der Waals surface area (Å²) >= 11 is 0. The first kappa shape index (κ1) is 16.2. The topological polar surface area (TPSA) is 46.2 Å². The summed E-state index contributed by atoms with van der Waals surface area (Å²) in [4.78, 5) is 26.1. The molecule has 3 nitrogen and oxygen atoms in total. The second kappa shape index (κ2) is 6.23. The number of fused-ring (bicyclic) bond motifs is 1. The van der Waals surface area contributed by atoms with E-state index in [2.05, 4.69) is 5.32 Å². The van der Waals surface area contributed by atoms with Crippen LogP contribution in [0.3, 0.4) is 0 Å². The van der Waals surface area contributed by atoms with Gasteiger partial charge in [-0.3, -0.25) is 9.59 Å². The van der Waals surface area contributed by atoms with Crippen LogP contribution >= 0.6 is 0 Å². The van der Waals surface area contributed by atoms with E-state index < -0.39 is 11.4 Å². The van der Waals surface area contributed by atoms with Crippen molar-refractivity contribution in [3.8, 4) is 0 Å². The average molecular weight is 345 g/mol. The third-order valence-electron chi connectivity index (χ3n) is 4.77. The van der Waals surface area contributed by atoms with Crippen molar-refractivity contribution in [1.29, 1.82) is 0 Å². The minimum atomic E-state index is -1.16. The predicted molar refractivity (Wildman–Crippen MR) is 97.9 cm³/mol. The fourth-order valence-corrected chi connectivity index (χ4v) is 3.44. The molecular weight excluding hydrogens is 329 g/mol. The maximum absolute atomic E-state index is 13.3. The molecule has 1 heterocycles. The Bertz CT molecular complexity index is 983. The van der Waals surface area contributed by atoms with Crippen LogP contribution in [0, 0.1) is 5.82 Å². The van der Waals surface area contributed by atoms with Gasteiger partial charge in [0.25, 0.3) is 0 Å². The van der Waals surface area contributed by atoms with Crippen LogP contribution in [-0.2, 0) is 5.54 Å². The molecule has 1 atom stereocenters. The molecule has 1 aliphatic rings. The van der Waals surface area contributed by atoms with Crippen molar-refractivity contribution >= 4 is 17.3 Å². The van der Waals surface area contributed by atoms with Crippen LogP contribution in [-0.4, -0.2) is 11.6 Å². The Labute approximate surface area is 150 Å². The minimum Gasteiger partial charge on any atom is -0.368 e. The molecule has 0 bridgehead atoms. The van der Waals surface area contributed by atoms with Crippen molar-refractivity contribution in [2.75, 3.05) is 5.32 Å². The van der Waals surface area contributed by atoms with Crippen molar-refractivity contribution in [2.45, 2.75) is 12.0 Å². The lowest BCUT2D eigenvalue weighted by molar-refractivity contribution is 0.0846. The van der Waals surface area contributed by atoms with Crippen molar-refractivity contribution in [2.24, 2.45) is 0 Å². The predicted octanol–water partition coefficient (Wildman–Crippen LogP) is 4.60. The molecule has 0 saturated carbocycles. The molecule has 4 heteroatoms. The number of hydrogen-bond acceptors (Lipinski definition) is 3. The normalized spacial score (nSPS) is 18.3. The Balaban J connectivity index is 1.77. The van der Waals surface area contributed by atoms with Crippen molar-refractivity contribution in [3.05, 3.63) is 101 Å². The molecule has 4 rings (SSSR count). The maximum atomic E-state index is 13.3. The van der Waals surface area contributed by atoms with Crippen molar-refractivity contribution in [3.63, 3.8) is 0 Å². The largest absolute Gasteiger partial charge is 0.368 e. The molecule has 0 aromatic heterocycles. The first-order chi connectivity index (χ1) is 12.6. The first-order valence-electron chi connectivity index (χ1n) is 8.36. The Hall–Kier alpha value is -3.27. The second-order valence-corrected chi connectivity index (χ2v) is 6.38. The highest BCUT2D eigenvalue weighted by Crippen LogP contribution is 2.42. The number of para-hydroxylation sites is 1. The first-order valence-corrected chi connectivity index (χ1v) is 8.36. The van der Waals surface area contributed by atoms with Gasteiger partial charge in [0, 0.05) is 23.2 Å². The number of anilines is 1. The number of Topliss-reactive ketones (excluding diaryl/α,β-unsaturated/α-hetero) is 2.